The first-order valence-electron chi connectivity index (χ1n) is 4.39. The summed E-state index contributed by atoms with van der Waals surface area (Å²) in [5.41, 5.74) is -5.98. The number of ketones is 2. The van der Waals surface area contributed by atoms with Crippen LogP contribution in [0.3, 0.4) is 0 Å². The van der Waals surface area contributed by atoms with Gasteiger partial charge in [-0.25, -0.2) is 0 Å². The Bertz CT molecular complexity index is 313. The molecule has 0 saturated heterocycles. The molecule has 0 aliphatic heterocycles. The SMILES string of the molecule is CC(=O)C(O)(CO)C(O)(C(C)=O)C(O)C=O. The van der Waals surface area contributed by atoms with Crippen molar-refractivity contribution in [1.82, 2.24) is 0 Å². The van der Waals surface area contributed by atoms with Crippen LogP contribution in [0.25, 0.3) is 0 Å². The predicted molar refractivity (Wildman–Crippen MR) is 50.4 cm³/mol. The molecule has 92 valence electrons. The second-order valence-corrected chi connectivity index (χ2v) is 3.48. The third-order valence-corrected chi connectivity index (χ3v) is 2.54. The molecular weight excluding hydrogens is 220 g/mol. The number of aldehydes is 1. The monoisotopic (exact) mass is 234 g/mol. The number of rotatable bonds is 6. The fraction of sp³-hybridized carbons (Fsp3) is 0.667. The van der Waals surface area contributed by atoms with Gasteiger partial charge in [-0.05, 0) is 13.8 Å². The number of carbonyl (C=O) groups is 3. The Morgan fingerprint density at radius 3 is 1.88 bits per heavy atom. The standard InChI is InChI=1S/C9H14O7/c1-5(12)8(15,4-11)9(16,6(2)13)7(14)3-10/h3,7,11,14-16H,4H2,1-2H3. The summed E-state index contributed by atoms with van der Waals surface area (Å²) in [6.45, 7) is 0.279. The topological polar surface area (TPSA) is 132 Å². The smallest absolute Gasteiger partial charge is 0.193 e. The molecule has 0 aliphatic rings. The molecular formula is C9H14O7. The Kier molecular flexibility index (Phi) is 4.45. The second-order valence-electron chi connectivity index (χ2n) is 3.48. The Balaban J connectivity index is 5.76. The van der Waals surface area contributed by atoms with Crippen LogP contribution in [0.4, 0.5) is 0 Å². The molecule has 0 rings (SSSR count). The molecule has 0 fully saturated rings. The van der Waals surface area contributed by atoms with Gasteiger partial charge in [-0.3, -0.25) is 9.59 Å². The van der Waals surface area contributed by atoms with E-state index in [-0.39, 0.29) is 6.29 Å². The van der Waals surface area contributed by atoms with E-state index in [9.17, 15) is 29.7 Å². The maximum absolute atomic E-state index is 11.2. The van der Waals surface area contributed by atoms with E-state index in [2.05, 4.69) is 0 Å². The quantitative estimate of drug-likeness (QED) is 0.364. The third-order valence-electron chi connectivity index (χ3n) is 2.54. The first-order chi connectivity index (χ1) is 7.18. The van der Waals surface area contributed by atoms with E-state index in [4.69, 9.17) is 5.11 Å². The maximum Gasteiger partial charge on any atom is 0.193 e. The van der Waals surface area contributed by atoms with Crippen LogP contribution >= 0.6 is 0 Å². The molecule has 7 nitrogen and oxygen atoms in total. The number of hydrogen-bond acceptors (Lipinski definition) is 7. The van der Waals surface area contributed by atoms with Gasteiger partial charge in [0.2, 0.25) is 0 Å². The van der Waals surface area contributed by atoms with Crippen LogP contribution in [-0.2, 0) is 14.4 Å². The van der Waals surface area contributed by atoms with Crippen LogP contribution in [0.1, 0.15) is 13.8 Å². The average molecular weight is 234 g/mol. The molecule has 0 bridgehead atoms. The molecule has 3 atom stereocenters. The van der Waals surface area contributed by atoms with Gasteiger partial charge in [0.1, 0.15) is 6.10 Å². The van der Waals surface area contributed by atoms with Crippen molar-refractivity contribution in [2.45, 2.75) is 31.2 Å². The van der Waals surface area contributed by atoms with Gasteiger partial charge in [0.15, 0.2) is 29.1 Å². The van der Waals surface area contributed by atoms with Gasteiger partial charge >= 0.3 is 0 Å². The summed E-state index contributed by atoms with van der Waals surface area (Å²) in [6.07, 6.45) is -2.52. The molecule has 0 aromatic heterocycles. The van der Waals surface area contributed by atoms with E-state index in [1.54, 1.807) is 0 Å². The van der Waals surface area contributed by atoms with Crippen molar-refractivity contribution in [3.63, 3.8) is 0 Å². The number of aliphatic hydroxyl groups is 4. The molecule has 4 N–H and O–H groups in total. The van der Waals surface area contributed by atoms with Crippen LogP contribution in [0, 0.1) is 0 Å². The molecule has 0 spiro atoms. The molecule has 0 aliphatic carbocycles. The summed E-state index contributed by atoms with van der Waals surface area (Å²) >= 11 is 0. The van der Waals surface area contributed by atoms with Crippen molar-refractivity contribution in [3.05, 3.63) is 0 Å². The van der Waals surface area contributed by atoms with Crippen molar-refractivity contribution < 1.29 is 34.8 Å². The van der Waals surface area contributed by atoms with Crippen LogP contribution < -0.4 is 0 Å². The average Bonchev–Trinajstić information content (AvgIpc) is 2.24. The van der Waals surface area contributed by atoms with Crippen molar-refractivity contribution in [3.8, 4) is 0 Å². The molecule has 0 heterocycles. The van der Waals surface area contributed by atoms with E-state index in [0.717, 1.165) is 13.8 Å². The fourth-order valence-electron chi connectivity index (χ4n) is 1.34. The zero-order chi connectivity index (χ0) is 13.1. The highest BCUT2D eigenvalue weighted by Gasteiger charge is 2.60. The summed E-state index contributed by atoms with van der Waals surface area (Å²) in [5, 5.41) is 37.6. The molecule has 0 aromatic rings. The van der Waals surface area contributed by atoms with Crippen LogP contribution in [0.2, 0.25) is 0 Å². The van der Waals surface area contributed by atoms with Gasteiger partial charge in [0, 0.05) is 0 Å². The van der Waals surface area contributed by atoms with E-state index >= 15 is 0 Å². The van der Waals surface area contributed by atoms with Crippen LogP contribution in [-0.4, -0.2) is 62.2 Å². The van der Waals surface area contributed by atoms with Gasteiger partial charge in [-0.1, -0.05) is 0 Å². The minimum absolute atomic E-state index is 0.203. The minimum atomic E-state index is -3.06. The first-order valence-corrected chi connectivity index (χ1v) is 4.39. The Morgan fingerprint density at radius 2 is 1.69 bits per heavy atom. The summed E-state index contributed by atoms with van der Waals surface area (Å²) in [4.78, 5) is 32.7. The molecule has 3 unspecified atom stereocenters. The summed E-state index contributed by atoms with van der Waals surface area (Å²) in [6, 6.07) is 0. The Morgan fingerprint density at radius 1 is 1.25 bits per heavy atom. The van der Waals surface area contributed by atoms with E-state index in [1.807, 2.05) is 0 Å². The molecule has 7 heteroatoms. The van der Waals surface area contributed by atoms with Crippen molar-refractivity contribution >= 4 is 17.9 Å². The first kappa shape index (κ1) is 14.8. The highest BCUT2D eigenvalue weighted by molar-refractivity contribution is 5.99. The molecule has 16 heavy (non-hydrogen) atoms. The fourth-order valence-corrected chi connectivity index (χ4v) is 1.34. The summed E-state index contributed by atoms with van der Waals surface area (Å²) in [5.74, 6) is -2.35. The van der Waals surface area contributed by atoms with Crippen molar-refractivity contribution in [1.29, 1.82) is 0 Å². The Hall–Kier alpha value is -1.15. The molecule has 0 amide bonds. The lowest BCUT2D eigenvalue weighted by atomic mass is 9.74. The second kappa shape index (κ2) is 4.79. The van der Waals surface area contributed by atoms with Gasteiger partial charge < -0.3 is 25.2 Å². The van der Waals surface area contributed by atoms with Gasteiger partial charge in [-0.2, -0.15) is 0 Å². The number of aliphatic hydroxyl groups excluding tert-OH is 2. The molecule has 0 radical (unpaired) electrons. The van der Waals surface area contributed by atoms with Gasteiger partial charge in [-0.15, -0.1) is 0 Å². The highest BCUT2D eigenvalue weighted by Crippen LogP contribution is 2.27. The largest absolute Gasteiger partial charge is 0.393 e. The zero-order valence-electron chi connectivity index (χ0n) is 8.88. The summed E-state index contributed by atoms with van der Waals surface area (Å²) < 4.78 is 0. The lowest BCUT2D eigenvalue weighted by Gasteiger charge is -2.39. The zero-order valence-corrected chi connectivity index (χ0v) is 8.88. The number of Topliss-reactive ketones (excluding diaryl/α,β-unsaturated/α-hetero) is 2. The van der Waals surface area contributed by atoms with E-state index in [1.165, 1.54) is 0 Å². The Labute approximate surface area is 91.3 Å². The van der Waals surface area contributed by atoms with Crippen molar-refractivity contribution in [2.24, 2.45) is 0 Å². The van der Waals surface area contributed by atoms with Gasteiger partial charge in [0.05, 0.1) is 6.61 Å². The number of carbonyl (C=O) groups excluding carboxylic acids is 3. The summed E-state index contributed by atoms with van der Waals surface area (Å²) in [7, 11) is 0. The van der Waals surface area contributed by atoms with Gasteiger partial charge in [0.25, 0.3) is 0 Å². The number of hydrogen-bond donors (Lipinski definition) is 4. The highest BCUT2D eigenvalue weighted by atomic mass is 16.4. The molecule has 0 aromatic carbocycles. The van der Waals surface area contributed by atoms with E-state index < -0.39 is 35.5 Å². The predicted octanol–water partition coefficient (Wildman–Crippen LogP) is -2.82. The lowest BCUT2D eigenvalue weighted by Crippen LogP contribution is -2.70. The third kappa shape index (κ3) is 1.90. The normalized spacial score (nSPS) is 20.4. The minimum Gasteiger partial charge on any atom is -0.393 e. The maximum atomic E-state index is 11.2. The van der Waals surface area contributed by atoms with Crippen molar-refractivity contribution in [2.75, 3.05) is 6.61 Å². The van der Waals surface area contributed by atoms with Crippen LogP contribution in [0.5, 0.6) is 0 Å². The van der Waals surface area contributed by atoms with E-state index in [0.29, 0.717) is 0 Å². The van der Waals surface area contributed by atoms with Crippen LogP contribution in [0.15, 0.2) is 0 Å². The lowest BCUT2D eigenvalue weighted by molar-refractivity contribution is -0.208. The molecule has 0 saturated carbocycles.